The normalized spacial score (nSPS) is 24.2. The highest BCUT2D eigenvalue weighted by atomic mass is 15.2. The first-order valence-electron chi connectivity index (χ1n) is 12.4. The molecule has 0 N–H and O–H groups in total. The van der Waals surface area contributed by atoms with Crippen molar-refractivity contribution in [3.63, 3.8) is 0 Å². The van der Waals surface area contributed by atoms with Crippen molar-refractivity contribution >= 4 is 0 Å². The van der Waals surface area contributed by atoms with E-state index in [1.807, 2.05) is 0 Å². The van der Waals surface area contributed by atoms with Gasteiger partial charge in [-0.05, 0) is 65.0 Å². The SMILES string of the molecule is CC1CCN(C)CCN(Cc2ccccc2)C(C)CCN(C)CCN1Cc1ccccc1. The van der Waals surface area contributed by atoms with E-state index in [0.717, 1.165) is 52.4 Å². The summed E-state index contributed by atoms with van der Waals surface area (Å²) in [6, 6.07) is 23.1. The van der Waals surface area contributed by atoms with Crippen LogP contribution in [0.5, 0.6) is 0 Å². The van der Waals surface area contributed by atoms with Crippen LogP contribution >= 0.6 is 0 Å². The largest absolute Gasteiger partial charge is 0.305 e. The zero-order valence-electron chi connectivity index (χ0n) is 20.8. The summed E-state index contributed by atoms with van der Waals surface area (Å²) in [4.78, 5) is 10.4. The molecule has 0 saturated carbocycles. The number of nitrogens with zero attached hydrogens (tertiary/aromatic N) is 4. The summed E-state index contributed by atoms with van der Waals surface area (Å²) in [7, 11) is 4.58. The molecule has 4 heteroatoms. The summed E-state index contributed by atoms with van der Waals surface area (Å²) in [6.45, 7) is 13.7. The van der Waals surface area contributed by atoms with Gasteiger partial charge in [0.2, 0.25) is 0 Å². The minimum Gasteiger partial charge on any atom is -0.305 e. The Balaban J connectivity index is 1.64. The molecule has 2 aromatic carbocycles. The predicted molar refractivity (Wildman–Crippen MR) is 137 cm³/mol. The van der Waals surface area contributed by atoms with Crippen LogP contribution in [0, 0.1) is 0 Å². The van der Waals surface area contributed by atoms with Crippen molar-refractivity contribution < 1.29 is 0 Å². The lowest BCUT2D eigenvalue weighted by Gasteiger charge is -2.35. The van der Waals surface area contributed by atoms with Crippen LogP contribution in [0.2, 0.25) is 0 Å². The van der Waals surface area contributed by atoms with Gasteiger partial charge in [0.15, 0.2) is 0 Å². The maximum atomic E-state index is 2.68. The van der Waals surface area contributed by atoms with Gasteiger partial charge in [0.05, 0.1) is 0 Å². The molecule has 0 spiro atoms. The van der Waals surface area contributed by atoms with Crippen molar-refractivity contribution in [1.29, 1.82) is 0 Å². The molecule has 2 unspecified atom stereocenters. The number of hydrogen-bond donors (Lipinski definition) is 0. The van der Waals surface area contributed by atoms with Crippen molar-refractivity contribution in [2.24, 2.45) is 0 Å². The van der Waals surface area contributed by atoms with Gasteiger partial charge in [0.25, 0.3) is 0 Å². The molecular weight excluding hydrogens is 392 g/mol. The Bertz CT molecular complexity index is 685. The smallest absolute Gasteiger partial charge is 0.0237 e. The zero-order chi connectivity index (χ0) is 22.8. The van der Waals surface area contributed by atoms with E-state index >= 15 is 0 Å². The molecule has 1 saturated heterocycles. The fourth-order valence-electron chi connectivity index (χ4n) is 4.55. The van der Waals surface area contributed by atoms with Gasteiger partial charge in [0.1, 0.15) is 0 Å². The molecule has 0 radical (unpaired) electrons. The third-order valence-corrected chi connectivity index (χ3v) is 7.10. The Morgan fingerprint density at radius 1 is 0.562 bits per heavy atom. The second-order valence-electron chi connectivity index (χ2n) is 9.79. The van der Waals surface area contributed by atoms with E-state index in [9.17, 15) is 0 Å². The first kappa shape index (κ1) is 24.9. The topological polar surface area (TPSA) is 13.0 Å². The molecule has 2 aromatic rings. The van der Waals surface area contributed by atoms with Crippen LogP contribution in [0.3, 0.4) is 0 Å². The third-order valence-electron chi connectivity index (χ3n) is 7.10. The maximum absolute atomic E-state index is 2.68. The molecule has 176 valence electrons. The number of likely N-dealkylation sites (N-methyl/N-ethyl adjacent to an activating group) is 2. The van der Waals surface area contributed by atoms with Gasteiger partial charge in [-0.1, -0.05) is 60.7 Å². The Kier molecular flexibility index (Phi) is 10.2. The van der Waals surface area contributed by atoms with E-state index in [-0.39, 0.29) is 0 Å². The van der Waals surface area contributed by atoms with Gasteiger partial charge < -0.3 is 9.80 Å². The van der Waals surface area contributed by atoms with Crippen LogP contribution in [0.4, 0.5) is 0 Å². The van der Waals surface area contributed by atoms with Gasteiger partial charge in [-0.15, -0.1) is 0 Å². The van der Waals surface area contributed by atoms with Crippen LogP contribution in [-0.2, 0) is 13.1 Å². The van der Waals surface area contributed by atoms with Crippen molar-refractivity contribution in [3.05, 3.63) is 71.8 Å². The molecule has 32 heavy (non-hydrogen) atoms. The second kappa shape index (κ2) is 13.1. The zero-order valence-corrected chi connectivity index (χ0v) is 20.8. The fourth-order valence-corrected chi connectivity index (χ4v) is 4.55. The van der Waals surface area contributed by atoms with E-state index in [4.69, 9.17) is 0 Å². The summed E-state index contributed by atoms with van der Waals surface area (Å²) in [5.74, 6) is 0. The van der Waals surface area contributed by atoms with E-state index in [1.54, 1.807) is 0 Å². The first-order valence-corrected chi connectivity index (χ1v) is 12.4. The van der Waals surface area contributed by atoms with Crippen LogP contribution in [0.25, 0.3) is 0 Å². The molecule has 0 aromatic heterocycles. The number of hydrogen-bond acceptors (Lipinski definition) is 4. The molecule has 1 aliphatic rings. The molecule has 2 atom stereocenters. The van der Waals surface area contributed by atoms with E-state index in [0.29, 0.717) is 12.1 Å². The van der Waals surface area contributed by atoms with E-state index < -0.39 is 0 Å². The molecule has 4 nitrogen and oxygen atoms in total. The average Bonchev–Trinajstić information content (AvgIpc) is 2.82. The van der Waals surface area contributed by atoms with Gasteiger partial charge in [-0.3, -0.25) is 9.80 Å². The van der Waals surface area contributed by atoms with Crippen LogP contribution in [0.15, 0.2) is 60.7 Å². The molecule has 1 aliphatic heterocycles. The maximum Gasteiger partial charge on any atom is 0.0237 e. The molecule has 1 fully saturated rings. The standard InChI is InChI=1S/C28H44N4/c1-25-15-17-29(3)20-22-32(24-28-13-9-6-10-14-28)26(2)16-18-30(4)19-21-31(25)23-27-11-7-5-8-12-27/h5-14,25-26H,15-24H2,1-4H3. The molecule has 0 bridgehead atoms. The summed E-state index contributed by atoms with van der Waals surface area (Å²) >= 11 is 0. The Hall–Kier alpha value is -1.72. The van der Waals surface area contributed by atoms with Crippen molar-refractivity contribution in [2.45, 2.75) is 51.9 Å². The third kappa shape index (κ3) is 8.32. The lowest BCUT2D eigenvalue weighted by Crippen LogP contribution is -2.44. The summed E-state index contributed by atoms with van der Waals surface area (Å²) < 4.78 is 0. The van der Waals surface area contributed by atoms with E-state index in [1.165, 1.54) is 24.0 Å². The van der Waals surface area contributed by atoms with Crippen LogP contribution in [-0.4, -0.2) is 85.0 Å². The summed E-state index contributed by atoms with van der Waals surface area (Å²) in [5.41, 5.74) is 2.84. The lowest BCUT2D eigenvalue weighted by molar-refractivity contribution is 0.123. The molecular formula is C28H44N4. The van der Waals surface area contributed by atoms with Gasteiger partial charge in [0, 0.05) is 51.4 Å². The Morgan fingerprint density at radius 3 is 1.31 bits per heavy atom. The van der Waals surface area contributed by atoms with Crippen molar-refractivity contribution in [1.82, 2.24) is 19.6 Å². The second-order valence-corrected chi connectivity index (χ2v) is 9.79. The number of benzene rings is 2. The summed E-state index contributed by atoms with van der Waals surface area (Å²) in [6.07, 6.45) is 2.42. The van der Waals surface area contributed by atoms with Gasteiger partial charge in [-0.25, -0.2) is 0 Å². The van der Waals surface area contributed by atoms with Crippen molar-refractivity contribution in [3.8, 4) is 0 Å². The minimum absolute atomic E-state index is 0.577. The molecule has 3 rings (SSSR count). The fraction of sp³-hybridized carbons (Fsp3) is 0.571. The Morgan fingerprint density at radius 2 is 0.938 bits per heavy atom. The monoisotopic (exact) mass is 436 g/mol. The van der Waals surface area contributed by atoms with Gasteiger partial charge >= 0.3 is 0 Å². The quantitative estimate of drug-likeness (QED) is 0.703. The van der Waals surface area contributed by atoms with Gasteiger partial charge in [-0.2, -0.15) is 0 Å². The summed E-state index contributed by atoms with van der Waals surface area (Å²) in [5, 5.41) is 0. The first-order chi connectivity index (χ1) is 15.5. The highest BCUT2D eigenvalue weighted by Gasteiger charge is 2.19. The highest BCUT2D eigenvalue weighted by Crippen LogP contribution is 2.15. The average molecular weight is 437 g/mol. The number of rotatable bonds is 4. The lowest BCUT2D eigenvalue weighted by atomic mass is 10.1. The molecule has 1 heterocycles. The highest BCUT2D eigenvalue weighted by molar-refractivity contribution is 5.15. The Labute approximate surface area is 196 Å². The van der Waals surface area contributed by atoms with E-state index in [2.05, 4.69) is 108 Å². The molecule has 0 amide bonds. The minimum atomic E-state index is 0.577. The van der Waals surface area contributed by atoms with Crippen LogP contribution < -0.4 is 0 Å². The van der Waals surface area contributed by atoms with Crippen LogP contribution in [0.1, 0.15) is 37.8 Å². The van der Waals surface area contributed by atoms with Crippen molar-refractivity contribution in [2.75, 3.05) is 53.4 Å². The molecule has 0 aliphatic carbocycles. The predicted octanol–water partition coefficient (Wildman–Crippen LogP) is 4.43.